The zero-order valence-corrected chi connectivity index (χ0v) is 13.4. The average molecular weight is 326 g/mol. The van der Waals surface area contributed by atoms with Crippen LogP contribution in [-0.2, 0) is 11.2 Å². The fraction of sp³-hybridized carbons (Fsp3) is 0.625. The number of nitrogens with two attached hydrogens (primary N) is 1. The Kier molecular flexibility index (Phi) is 5.04. The molecule has 0 amide bonds. The van der Waals surface area contributed by atoms with Crippen LogP contribution in [0.3, 0.4) is 0 Å². The normalized spacial score (nSPS) is 29.2. The van der Waals surface area contributed by atoms with Gasteiger partial charge in [-0.15, -0.1) is 0 Å². The lowest BCUT2D eigenvalue weighted by molar-refractivity contribution is -0.0705. The highest BCUT2D eigenvalue weighted by molar-refractivity contribution is 9.10. The van der Waals surface area contributed by atoms with Crippen LogP contribution in [0.15, 0.2) is 28.7 Å². The van der Waals surface area contributed by atoms with Crippen molar-refractivity contribution in [3.05, 3.63) is 34.3 Å². The first-order chi connectivity index (χ1) is 9.05. The maximum atomic E-state index is 6.50. The molecule has 1 aromatic rings. The summed E-state index contributed by atoms with van der Waals surface area (Å²) < 4.78 is 6.99. The van der Waals surface area contributed by atoms with Crippen molar-refractivity contribution >= 4 is 15.9 Å². The third-order valence-corrected chi connectivity index (χ3v) is 4.91. The summed E-state index contributed by atoms with van der Waals surface area (Å²) in [6, 6.07) is 8.46. The van der Waals surface area contributed by atoms with Crippen LogP contribution in [0, 0.1) is 5.92 Å². The number of hydrogen-bond donors (Lipinski definition) is 1. The second-order valence-corrected chi connectivity index (χ2v) is 6.83. The Balaban J connectivity index is 2.10. The van der Waals surface area contributed by atoms with Crippen LogP contribution in [0.2, 0.25) is 0 Å². The SMILES string of the molecule is COC1(C(N)Cc2cccc(Br)c2)CCCC(C)C1. The van der Waals surface area contributed by atoms with E-state index in [2.05, 4.69) is 41.1 Å². The van der Waals surface area contributed by atoms with Crippen molar-refractivity contribution in [2.75, 3.05) is 7.11 Å². The van der Waals surface area contributed by atoms with E-state index in [0.29, 0.717) is 5.92 Å². The Morgan fingerprint density at radius 1 is 1.53 bits per heavy atom. The highest BCUT2D eigenvalue weighted by Gasteiger charge is 2.40. The third-order valence-electron chi connectivity index (χ3n) is 4.42. The lowest BCUT2D eigenvalue weighted by Crippen LogP contribution is -2.53. The van der Waals surface area contributed by atoms with E-state index in [9.17, 15) is 0 Å². The molecule has 1 aromatic carbocycles. The van der Waals surface area contributed by atoms with E-state index in [1.807, 2.05) is 13.2 Å². The molecule has 106 valence electrons. The summed E-state index contributed by atoms with van der Waals surface area (Å²) in [5.41, 5.74) is 7.63. The van der Waals surface area contributed by atoms with E-state index in [0.717, 1.165) is 23.7 Å². The van der Waals surface area contributed by atoms with Crippen LogP contribution in [0.4, 0.5) is 0 Å². The van der Waals surface area contributed by atoms with E-state index in [4.69, 9.17) is 10.5 Å². The first kappa shape index (κ1) is 15.0. The molecule has 3 atom stereocenters. The topological polar surface area (TPSA) is 35.2 Å². The molecule has 1 fully saturated rings. The number of ether oxygens (including phenoxy) is 1. The van der Waals surface area contributed by atoms with Gasteiger partial charge in [0, 0.05) is 17.6 Å². The van der Waals surface area contributed by atoms with E-state index in [-0.39, 0.29) is 11.6 Å². The summed E-state index contributed by atoms with van der Waals surface area (Å²) in [6.45, 7) is 2.30. The fourth-order valence-electron chi connectivity index (χ4n) is 3.32. The Morgan fingerprint density at radius 3 is 2.95 bits per heavy atom. The van der Waals surface area contributed by atoms with Crippen molar-refractivity contribution in [2.24, 2.45) is 11.7 Å². The first-order valence-corrected chi connectivity index (χ1v) is 7.90. The number of halogens is 1. The van der Waals surface area contributed by atoms with Gasteiger partial charge >= 0.3 is 0 Å². The number of benzene rings is 1. The van der Waals surface area contributed by atoms with Gasteiger partial charge < -0.3 is 10.5 Å². The van der Waals surface area contributed by atoms with Gasteiger partial charge in [-0.2, -0.15) is 0 Å². The van der Waals surface area contributed by atoms with E-state index < -0.39 is 0 Å². The lowest BCUT2D eigenvalue weighted by atomic mass is 9.73. The molecule has 0 spiro atoms. The minimum absolute atomic E-state index is 0.0644. The molecule has 1 aliphatic carbocycles. The number of methoxy groups -OCH3 is 1. The van der Waals surface area contributed by atoms with Crippen molar-refractivity contribution in [3.63, 3.8) is 0 Å². The Morgan fingerprint density at radius 2 is 2.32 bits per heavy atom. The summed E-state index contributed by atoms with van der Waals surface area (Å²) in [5, 5.41) is 0. The third kappa shape index (κ3) is 3.59. The molecule has 3 unspecified atom stereocenters. The summed E-state index contributed by atoms with van der Waals surface area (Å²) in [5.74, 6) is 0.710. The summed E-state index contributed by atoms with van der Waals surface area (Å²) >= 11 is 3.52. The molecule has 2 rings (SSSR count). The molecule has 3 heteroatoms. The predicted molar refractivity (Wildman–Crippen MR) is 83.2 cm³/mol. The van der Waals surface area contributed by atoms with Crippen molar-refractivity contribution in [1.82, 2.24) is 0 Å². The van der Waals surface area contributed by atoms with Crippen LogP contribution >= 0.6 is 15.9 Å². The van der Waals surface area contributed by atoms with Crippen molar-refractivity contribution in [1.29, 1.82) is 0 Å². The molecule has 1 aliphatic rings. The fourth-order valence-corrected chi connectivity index (χ4v) is 3.77. The first-order valence-electron chi connectivity index (χ1n) is 7.11. The predicted octanol–water partition coefficient (Wildman–Crippen LogP) is 3.91. The second kappa shape index (κ2) is 6.38. The van der Waals surface area contributed by atoms with Crippen molar-refractivity contribution < 1.29 is 4.74 Å². The van der Waals surface area contributed by atoms with Gasteiger partial charge in [0.1, 0.15) is 0 Å². The van der Waals surface area contributed by atoms with Gasteiger partial charge in [0.05, 0.1) is 5.60 Å². The summed E-state index contributed by atoms with van der Waals surface area (Å²) in [4.78, 5) is 0. The molecular weight excluding hydrogens is 302 g/mol. The Hall–Kier alpha value is -0.380. The Bertz CT molecular complexity index is 423. The zero-order chi connectivity index (χ0) is 13.9. The molecule has 0 saturated heterocycles. The smallest absolute Gasteiger partial charge is 0.0834 e. The highest BCUT2D eigenvalue weighted by Crippen LogP contribution is 2.37. The molecule has 0 heterocycles. The molecular formula is C16H24BrNO. The van der Waals surface area contributed by atoms with Gasteiger partial charge in [0.2, 0.25) is 0 Å². The van der Waals surface area contributed by atoms with Crippen LogP contribution in [0.5, 0.6) is 0 Å². The molecule has 19 heavy (non-hydrogen) atoms. The van der Waals surface area contributed by atoms with E-state index in [1.54, 1.807) is 0 Å². The maximum Gasteiger partial charge on any atom is 0.0834 e. The molecule has 1 saturated carbocycles. The van der Waals surface area contributed by atoms with Gasteiger partial charge in [-0.05, 0) is 42.9 Å². The molecule has 0 aromatic heterocycles. The zero-order valence-electron chi connectivity index (χ0n) is 11.9. The molecule has 0 aliphatic heterocycles. The van der Waals surface area contributed by atoms with Gasteiger partial charge in [-0.3, -0.25) is 0 Å². The van der Waals surface area contributed by atoms with Crippen molar-refractivity contribution in [3.8, 4) is 0 Å². The lowest BCUT2D eigenvalue weighted by Gasteiger charge is -2.43. The minimum Gasteiger partial charge on any atom is -0.377 e. The summed E-state index contributed by atoms with van der Waals surface area (Å²) in [6.07, 6.45) is 5.57. The van der Waals surface area contributed by atoms with Gasteiger partial charge in [0.25, 0.3) is 0 Å². The number of hydrogen-bond acceptors (Lipinski definition) is 2. The standard InChI is InChI=1S/C16H24BrNO/c1-12-5-4-8-16(11-12,19-2)15(18)10-13-6-3-7-14(17)9-13/h3,6-7,9,12,15H,4-5,8,10-11,18H2,1-2H3. The molecule has 2 N–H and O–H groups in total. The van der Waals surface area contributed by atoms with Crippen LogP contribution in [0.25, 0.3) is 0 Å². The minimum atomic E-state index is -0.139. The van der Waals surface area contributed by atoms with Gasteiger partial charge in [0.15, 0.2) is 0 Å². The molecule has 2 nitrogen and oxygen atoms in total. The Labute approximate surface area is 124 Å². The maximum absolute atomic E-state index is 6.50. The van der Waals surface area contributed by atoms with Crippen molar-refractivity contribution in [2.45, 2.75) is 50.7 Å². The van der Waals surface area contributed by atoms with Gasteiger partial charge in [-0.1, -0.05) is 47.8 Å². The average Bonchev–Trinajstić information content (AvgIpc) is 2.38. The monoisotopic (exact) mass is 325 g/mol. The molecule has 0 bridgehead atoms. The van der Waals surface area contributed by atoms with E-state index in [1.165, 1.54) is 18.4 Å². The van der Waals surface area contributed by atoms with E-state index >= 15 is 0 Å². The highest BCUT2D eigenvalue weighted by atomic mass is 79.9. The summed E-state index contributed by atoms with van der Waals surface area (Å²) in [7, 11) is 1.82. The quantitative estimate of drug-likeness (QED) is 0.910. The van der Waals surface area contributed by atoms with Crippen LogP contribution < -0.4 is 5.73 Å². The van der Waals surface area contributed by atoms with Gasteiger partial charge in [-0.25, -0.2) is 0 Å². The van der Waals surface area contributed by atoms with Crippen LogP contribution in [0.1, 0.15) is 38.2 Å². The second-order valence-electron chi connectivity index (χ2n) is 5.91. The molecule has 0 radical (unpaired) electrons. The largest absolute Gasteiger partial charge is 0.377 e. The number of rotatable bonds is 4. The van der Waals surface area contributed by atoms with Crippen LogP contribution in [-0.4, -0.2) is 18.8 Å².